The third kappa shape index (κ3) is 28.2. The average Bonchev–Trinajstić information content (AvgIpc) is 2.77. The normalized spacial score (nSPS) is 11.2. The predicted molar refractivity (Wildman–Crippen MR) is 137 cm³/mol. The fourth-order valence-corrected chi connectivity index (χ4v) is 4.35. The van der Waals surface area contributed by atoms with Gasteiger partial charge < -0.3 is 27.2 Å². The molecule has 0 unspecified atom stereocenters. The molecule has 0 aromatic heterocycles. The van der Waals surface area contributed by atoms with E-state index in [0.717, 1.165) is 19.8 Å². The van der Waals surface area contributed by atoms with Gasteiger partial charge in [-0.1, -0.05) is 122 Å². The highest BCUT2D eigenvalue weighted by Gasteiger charge is 2.09. The third-order valence-electron chi connectivity index (χ3n) is 6.33. The summed E-state index contributed by atoms with van der Waals surface area (Å²) in [7, 11) is 0. The minimum atomic E-state index is -0.0277. The van der Waals surface area contributed by atoms with Crippen molar-refractivity contribution in [3.63, 3.8) is 0 Å². The van der Waals surface area contributed by atoms with E-state index in [1.807, 2.05) is 13.8 Å². The zero-order valence-corrected chi connectivity index (χ0v) is 23.1. The summed E-state index contributed by atoms with van der Waals surface area (Å²) in [4.78, 5) is 0. The van der Waals surface area contributed by atoms with Gasteiger partial charge in [-0.05, 0) is 26.7 Å². The molecule has 0 saturated carbocycles. The molecule has 4 heteroatoms. The lowest BCUT2D eigenvalue weighted by molar-refractivity contribution is -0.668. The van der Waals surface area contributed by atoms with Crippen LogP contribution in [0, 0.1) is 0 Å². The Morgan fingerprint density at radius 1 is 0.469 bits per heavy atom. The van der Waals surface area contributed by atoms with E-state index in [2.05, 4.69) is 12.2 Å². The zero-order valence-electron chi connectivity index (χ0n) is 22.3. The molecule has 196 valence electrons. The summed E-state index contributed by atoms with van der Waals surface area (Å²) in [6.45, 7) is 9.97. The van der Waals surface area contributed by atoms with Crippen LogP contribution >= 0.6 is 0 Å². The second-order valence-corrected chi connectivity index (χ2v) is 9.37. The van der Waals surface area contributed by atoms with E-state index in [-0.39, 0.29) is 18.7 Å². The van der Waals surface area contributed by atoms with Crippen LogP contribution in [-0.2, 0) is 9.47 Å². The third-order valence-corrected chi connectivity index (χ3v) is 6.33. The molecular formula is C28H60ClNO2. The van der Waals surface area contributed by atoms with Crippen molar-refractivity contribution in [1.82, 2.24) is 0 Å². The first-order valence-electron chi connectivity index (χ1n) is 14.4. The van der Waals surface area contributed by atoms with Crippen LogP contribution in [0.1, 0.15) is 149 Å². The van der Waals surface area contributed by atoms with E-state index in [1.165, 1.54) is 135 Å². The molecule has 3 nitrogen and oxygen atoms in total. The number of unbranched alkanes of at least 4 members (excludes halogenated alkanes) is 19. The highest BCUT2D eigenvalue weighted by molar-refractivity contribution is 4.51. The molecule has 0 aromatic carbocycles. The molecule has 2 N–H and O–H groups in total. The first kappa shape index (κ1) is 34.3. The van der Waals surface area contributed by atoms with Crippen molar-refractivity contribution >= 4 is 0 Å². The molecular weight excluding hydrogens is 418 g/mol. The van der Waals surface area contributed by atoms with E-state index in [0.29, 0.717) is 0 Å². The SMILES string of the molecule is CCCCCCCCCCCCCCCCCCCCCC[NH2+]CC(OCC)OCC.[Cl-]. The average molecular weight is 478 g/mol. The lowest BCUT2D eigenvalue weighted by Crippen LogP contribution is -3.00. The monoisotopic (exact) mass is 477 g/mol. The van der Waals surface area contributed by atoms with Crippen LogP contribution in [0.4, 0.5) is 0 Å². The molecule has 0 bridgehead atoms. The number of hydrogen-bond donors (Lipinski definition) is 1. The topological polar surface area (TPSA) is 35.1 Å². The van der Waals surface area contributed by atoms with Crippen molar-refractivity contribution in [2.45, 2.75) is 155 Å². The van der Waals surface area contributed by atoms with Crippen molar-refractivity contribution < 1.29 is 27.2 Å². The van der Waals surface area contributed by atoms with Crippen LogP contribution in [0.2, 0.25) is 0 Å². The largest absolute Gasteiger partial charge is 1.00 e. The summed E-state index contributed by atoms with van der Waals surface area (Å²) < 4.78 is 11.2. The molecule has 0 saturated heterocycles. The fourth-order valence-electron chi connectivity index (χ4n) is 4.35. The van der Waals surface area contributed by atoms with Gasteiger partial charge >= 0.3 is 0 Å². The van der Waals surface area contributed by atoms with Gasteiger partial charge in [0.1, 0.15) is 6.54 Å². The Morgan fingerprint density at radius 2 is 0.781 bits per heavy atom. The van der Waals surface area contributed by atoms with Crippen LogP contribution in [0.25, 0.3) is 0 Å². The van der Waals surface area contributed by atoms with Crippen molar-refractivity contribution in [2.24, 2.45) is 0 Å². The van der Waals surface area contributed by atoms with Crippen LogP contribution in [-0.4, -0.2) is 32.6 Å². The summed E-state index contributed by atoms with van der Waals surface area (Å²) in [6.07, 6.45) is 28.9. The Hall–Kier alpha value is 0.170. The molecule has 0 heterocycles. The first-order chi connectivity index (χ1) is 15.3. The Balaban J connectivity index is 0. The van der Waals surface area contributed by atoms with Gasteiger partial charge in [0.05, 0.1) is 6.54 Å². The van der Waals surface area contributed by atoms with Gasteiger partial charge in [-0.2, -0.15) is 0 Å². The van der Waals surface area contributed by atoms with Crippen LogP contribution < -0.4 is 17.7 Å². The molecule has 0 aliphatic carbocycles. The lowest BCUT2D eigenvalue weighted by atomic mass is 10.0. The Bertz CT molecular complexity index is 312. The quantitative estimate of drug-likeness (QED) is 0.136. The van der Waals surface area contributed by atoms with Gasteiger partial charge in [0.2, 0.25) is 6.29 Å². The van der Waals surface area contributed by atoms with Crippen molar-refractivity contribution in [1.29, 1.82) is 0 Å². The molecule has 0 atom stereocenters. The molecule has 0 aliphatic rings. The molecule has 0 rings (SSSR count). The molecule has 0 fully saturated rings. The maximum absolute atomic E-state index is 5.58. The van der Waals surface area contributed by atoms with Gasteiger partial charge in [0, 0.05) is 13.2 Å². The smallest absolute Gasteiger partial charge is 0.207 e. The Kier molecular flexibility index (Phi) is 33.4. The van der Waals surface area contributed by atoms with E-state index < -0.39 is 0 Å². The minimum absolute atomic E-state index is 0. The Morgan fingerprint density at radius 3 is 1.09 bits per heavy atom. The zero-order chi connectivity index (χ0) is 22.7. The number of nitrogens with two attached hydrogens (primary N) is 1. The summed E-state index contributed by atoms with van der Waals surface area (Å²) in [5.74, 6) is 0. The van der Waals surface area contributed by atoms with Gasteiger partial charge in [-0.3, -0.25) is 0 Å². The van der Waals surface area contributed by atoms with Crippen LogP contribution in [0.15, 0.2) is 0 Å². The number of rotatable bonds is 27. The van der Waals surface area contributed by atoms with Crippen LogP contribution in [0.3, 0.4) is 0 Å². The summed E-state index contributed by atoms with van der Waals surface area (Å²) in [5.41, 5.74) is 0. The predicted octanol–water partition coefficient (Wildman–Crippen LogP) is 4.77. The number of halogens is 1. The van der Waals surface area contributed by atoms with E-state index >= 15 is 0 Å². The lowest BCUT2D eigenvalue weighted by Gasteiger charge is -2.15. The summed E-state index contributed by atoms with van der Waals surface area (Å²) in [5, 5.41) is 2.35. The van der Waals surface area contributed by atoms with Gasteiger partial charge in [0.15, 0.2) is 0 Å². The fraction of sp³-hybridized carbons (Fsp3) is 1.00. The second-order valence-electron chi connectivity index (χ2n) is 9.37. The first-order valence-corrected chi connectivity index (χ1v) is 14.4. The Labute approximate surface area is 209 Å². The van der Waals surface area contributed by atoms with Gasteiger partial charge in [-0.15, -0.1) is 0 Å². The minimum Gasteiger partial charge on any atom is -1.00 e. The standard InChI is InChI=1S/C28H59NO2.ClH/c1-4-7-8-9-10-11-12-13-14-15-16-17-18-19-20-21-22-23-24-25-26-29-27-28(30-5-2)31-6-3;/h28-29H,4-27H2,1-3H3;1H. The van der Waals surface area contributed by atoms with E-state index in [1.54, 1.807) is 0 Å². The van der Waals surface area contributed by atoms with Crippen molar-refractivity contribution in [3.05, 3.63) is 0 Å². The molecule has 0 spiro atoms. The van der Waals surface area contributed by atoms with Crippen LogP contribution in [0.5, 0.6) is 0 Å². The molecule has 0 amide bonds. The molecule has 0 aliphatic heterocycles. The maximum atomic E-state index is 5.58. The highest BCUT2D eigenvalue weighted by Crippen LogP contribution is 2.14. The van der Waals surface area contributed by atoms with Crippen molar-refractivity contribution in [3.8, 4) is 0 Å². The van der Waals surface area contributed by atoms with Gasteiger partial charge in [-0.25, -0.2) is 0 Å². The van der Waals surface area contributed by atoms with E-state index in [4.69, 9.17) is 9.47 Å². The molecule has 0 radical (unpaired) electrons. The number of ether oxygens (including phenoxy) is 2. The molecule has 0 aromatic rings. The molecule has 32 heavy (non-hydrogen) atoms. The highest BCUT2D eigenvalue weighted by atomic mass is 35.5. The van der Waals surface area contributed by atoms with Gasteiger partial charge in [0.25, 0.3) is 0 Å². The number of hydrogen-bond acceptors (Lipinski definition) is 2. The second kappa shape index (κ2) is 31.2. The van der Waals surface area contributed by atoms with E-state index in [9.17, 15) is 0 Å². The summed E-state index contributed by atoms with van der Waals surface area (Å²) >= 11 is 0. The van der Waals surface area contributed by atoms with Crippen molar-refractivity contribution in [2.75, 3.05) is 26.3 Å². The summed E-state index contributed by atoms with van der Waals surface area (Å²) in [6, 6.07) is 0. The number of quaternary nitrogens is 1. The maximum Gasteiger partial charge on any atom is 0.207 e.